The van der Waals surface area contributed by atoms with E-state index >= 15 is 0 Å². The second kappa shape index (κ2) is 6.20. The zero-order valence-corrected chi connectivity index (χ0v) is 13.7. The molecular weight excluding hydrogens is 330 g/mol. The molecule has 3 rings (SSSR count). The van der Waals surface area contributed by atoms with Crippen LogP contribution >= 0.6 is 11.3 Å². The highest BCUT2D eigenvalue weighted by Crippen LogP contribution is 2.28. The minimum atomic E-state index is -0.723. The van der Waals surface area contributed by atoms with Gasteiger partial charge in [-0.15, -0.1) is 21.6 Å². The Balaban J connectivity index is 1.97. The summed E-state index contributed by atoms with van der Waals surface area (Å²) in [6.07, 6.45) is 0. The number of azo groups is 1. The van der Waals surface area contributed by atoms with Crippen LogP contribution in [0.4, 0.5) is 10.8 Å². The lowest BCUT2D eigenvalue weighted by atomic mass is 10.2. The topological polar surface area (TPSA) is 102 Å². The maximum Gasteiger partial charge on any atom is 0.333 e. The zero-order chi connectivity index (χ0) is 17.3. The molecule has 0 fully saturated rings. The maximum absolute atomic E-state index is 12.0. The van der Waals surface area contributed by atoms with Crippen LogP contribution in [0.3, 0.4) is 0 Å². The highest BCUT2D eigenvalue weighted by molar-refractivity contribution is 7.13. The minimum absolute atomic E-state index is 0.309. The van der Waals surface area contributed by atoms with Crippen molar-refractivity contribution in [2.75, 3.05) is 0 Å². The Morgan fingerprint density at radius 2 is 1.79 bits per heavy atom. The minimum Gasteiger partial charge on any atom is -0.493 e. The van der Waals surface area contributed by atoms with E-state index in [1.54, 1.807) is 0 Å². The van der Waals surface area contributed by atoms with E-state index in [-0.39, 0.29) is 5.69 Å². The van der Waals surface area contributed by atoms with Crippen LogP contribution in [-0.4, -0.2) is 19.2 Å². The van der Waals surface area contributed by atoms with Crippen LogP contribution in [0.25, 0.3) is 11.3 Å². The first-order valence-corrected chi connectivity index (χ1v) is 7.78. The highest BCUT2D eigenvalue weighted by atomic mass is 32.1. The average Bonchev–Trinajstić information content (AvgIpc) is 3.08. The van der Waals surface area contributed by atoms with E-state index in [1.807, 2.05) is 35.7 Å². The Bertz CT molecular complexity index is 1030. The SMILES string of the molecule is Cn1c(O)c(N=Nc2nc(-c3ccccc3)cs2)c(=O)n(C)c1=O. The van der Waals surface area contributed by atoms with E-state index in [2.05, 4.69) is 15.2 Å². The molecule has 0 saturated carbocycles. The number of thiazole rings is 1. The molecule has 0 atom stereocenters. The monoisotopic (exact) mass is 343 g/mol. The molecule has 0 radical (unpaired) electrons. The number of aromatic nitrogens is 3. The third kappa shape index (κ3) is 2.76. The van der Waals surface area contributed by atoms with Crippen LogP contribution in [-0.2, 0) is 14.1 Å². The van der Waals surface area contributed by atoms with E-state index in [9.17, 15) is 14.7 Å². The van der Waals surface area contributed by atoms with Crippen molar-refractivity contribution >= 4 is 22.2 Å². The fourth-order valence-corrected chi connectivity index (χ4v) is 2.69. The number of rotatable bonds is 3. The lowest BCUT2D eigenvalue weighted by Crippen LogP contribution is -2.36. The molecule has 24 heavy (non-hydrogen) atoms. The van der Waals surface area contributed by atoms with Crippen LogP contribution in [0.15, 0.2) is 55.5 Å². The molecule has 0 aliphatic carbocycles. The molecule has 0 spiro atoms. The normalized spacial score (nSPS) is 11.2. The number of aromatic hydroxyl groups is 1. The maximum atomic E-state index is 12.0. The average molecular weight is 343 g/mol. The molecule has 0 aliphatic heterocycles. The Morgan fingerprint density at radius 3 is 2.50 bits per heavy atom. The molecule has 0 saturated heterocycles. The molecule has 3 aromatic rings. The molecule has 0 unspecified atom stereocenters. The van der Waals surface area contributed by atoms with Crippen molar-refractivity contribution in [2.24, 2.45) is 24.3 Å². The van der Waals surface area contributed by atoms with Crippen molar-refractivity contribution in [2.45, 2.75) is 0 Å². The van der Waals surface area contributed by atoms with Gasteiger partial charge in [0.15, 0.2) is 0 Å². The van der Waals surface area contributed by atoms with Crippen molar-refractivity contribution < 1.29 is 5.11 Å². The van der Waals surface area contributed by atoms with E-state index < -0.39 is 17.1 Å². The van der Waals surface area contributed by atoms with Gasteiger partial charge >= 0.3 is 5.69 Å². The fourth-order valence-electron chi connectivity index (χ4n) is 2.05. The molecule has 1 N–H and O–H groups in total. The molecule has 0 amide bonds. The van der Waals surface area contributed by atoms with Crippen molar-refractivity contribution in [3.8, 4) is 17.1 Å². The second-order valence-corrected chi connectivity index (χ2v) is 5.80. The summed E-state index contributed by atoms with van der Waals surface area (Å²) in [4.78, 5) is 28.0. The Labute approximate surface area is 140 Å². The van der Waals surface area contributed by atoms with Crippen LogP contribution in [0.5, 0.6) is 5.88 Å². The summed E-state index contributed by atoms with van der Waals surface area (Å²) in [6, 6.07) is 9.56. The molecule has 8 nitrogen and oxygen atoms in total. The smallest absolute Gasteiger partial charge is 0.333 e. The highest BCUT2D eigenvalue weighted by Gasteiger charge is 2.14. The molecule has 1 aromatic carbocycles. The van der Waals surface area contributed by atoms with Gasteiger partial charge in [-0.25, -0.2) is 9.78 Å². The third-order valence-corrected chi connectivity index (χ3v) is 4.13. The van der Waals surface area contributed by atoms with Crippen LogP contribution in [0.2, 0.25) is 0 Å². The first-order valence-electron chi connectivity index (χ1n) is 6.90. The van der Waals surface area contributed by atoms with E-state index in [4.69, 9.17) is 0 Å². The van der Waals surface area contributed by atoms with Crippen LogP contribution in [0.1, 0.15) is 0 Å². The summed E-state index contributed by atoms with van der Waals surface area (Å²) in [5, 5.41) is 19.8. The lowest BCUT2D eigenvalue weighted by molar-refractivity contribution is 0.413. The zero-order valence-electron chi connectivity index (χ0n) is 12.9. The first kappa shape index (κ1) is 15.8. The van der Waals surface area contributed by atoms with E-state index in [0.29, 0.717) is 5.13 Å². The summed E-state index contributed by atoms with van der Waals surface area (Å²) in [6.45, 7) is 0. The third-order valence-electron chi connectivity index (χ3n) is 3.41. The summed E-state index contributed by atoms with van der Waals surface area (Å²) < 4.78 is 1.78. The van der Waals surface area contributed by atoms with Gasteiger partial charge in [0, 0.05) is 25.0 Å². The standard InChI is InChI=1S/C15H13N5O3S/c1-19-12(21)11(13(22)20(2)15(19)23)17-18-14-16-10(8-24-14)9-6-4-3-5-7-9/h3-8,21H,1-2H3. The van der Waals surface area contributed by atoms with Crippen LogP contribution < -0.4 is 11.2 Å². The quantitative estimate of drug-likeness (QED) is 0.737. The predicted octanol–water partition coefficient (Wildman–Crippen LogP) is 2.33. The Hall–Kier alpha value is -3.07. The molecule has 2 heterocycles. The first-order chi connectivity index (χ1) is 11.5. The number of nitrogens with zero attached hydrogens (tertiary/aromatic N) is 5. The van der Waals surface area contributed by atoms with Gasteiger partial charge in [0.25, 0.3) is 5.56 Å². The number of hydrogen-bond acceptors (Lipinski definition) is 7. The number of benzene rings is 1. The summed E-state index contributed by atoms with van der Waals surface area (Å²) in [5.41, 5.74) is 0.00974. The molecule has 9 heteroatoms. The molecular formula is C15H13N5O3S. The molecule has 0 bridgehead atoms. The summed E-state index contributed by atoms with van der Waals surface area (Å²) in [5.74, 6) is -0.535. The molecule has 2 aromatic heterocycles. The van der Waals surface area contributed by atoms with Gasteiger partial charge in [0.1, 0.15) is 0 Å². The number of hydrogen-bond donors (Lipinski definition) is 1. The van der Waals surface area contributed by atoms with Gasteiger partial charge in [0.05, 0.1) is 5.69 Å². The molecule has 122 valence electrons. The van der Waals surface area contributed by atoms with E-state index in [1.165, 1.54) is 25.4 Å². The van der Waals surface area contributed by atoms with E-state index in [0.717, 1.165) is 20.4 Å². The summed E-state index contributed by atoms with van der Waals surface area (Å²) >= 11 is 1.26. The van der Waals surface area contributed by atoms with Gasteiger partial charge in [-0.3, -0.25) is 13.9 Å². The van der Waals surface area contributed by atoms with Gasteiger partial charge < -0.3 is 5.11 Å². The summed E-state index contributed by atoms with van der Waals surface area (Å²) in [7, 11) is 2.65. The van der Waals surface area contributed by atoms with Crippen molar-refractivity contribution in [3.63, 3.8) is 0 Å². The van der Waals surface area contributed by atoms with Crippen LogP contribution in [0, 0.1) is 0 Å². The van der Waals surface area contributed by atoms with Crippen molar-refractivity contribution in [1.29, 1.82) is 0 Å². The Kier molecular flexibility index (Phi) is 4.09. The molecule has 0 aliphatic rings. The van der Waals surface area contributed by atoms with Crippen molar-refractivity contribution in [1.82, 2.24) is 14.1 Å². The largest absolute Gasteiger partial charge is 0.493 e. The fraction of sp³-hybridized carbons (Fsp3) is 0.133. The van der Waals surface area contributed by atoms with Gasteiger partial charge in [-0.2, -0.15) is 0 Å². The van der Waals surface area contributed by atoms with Gasteiger partial charge in [-0.05, 0) is 0 Å². The predicted molar refractivity (Wildman–Crippen MR) is 90.3 cm³/mol. The second-order valence-electron chi connectivity index (χ2n) is 4.96. The Morgan fingerprint density at radius 1 is 1.08 bits per heavy atom. The van der Waals surface area contributed by atoms with Gasteiger partial charge in [-0.1, -0.05) is 30.3 Å². The van der Waals surface area contributed by atoms with Crippen molar-refractivity contribution in [3.05, 3.63) is 56.5 Å². The lowest BCUT2D eigenvalue weighted by Gasteiger charge is -2.05. The van der Waals surface area contributed by atoms with Gasteiger partial charge in [0.2, 0.25) is 16.7 Å².